The zero-order chi connectivity index (χ0) is 38.4. The summed E-state index contributed by atoms with van der Waals surface area (Å²) in [6.45, 7) is 4.84. The summed E-state index contributed by atoms with van der Waals surface area (Å²) in [5.41, 5.74) is 20.2. The van der Waals surface area contributed by atoms with E-state index in [4.69, 9.17) is 21.9 Å². The third-order valence-corrected chi connectivity index (χ3v) is 9.09. The van der Waals surface area contributed by atoms with Gasteiger partial charge in [0.2, 0.25) is 29.5 Å². The van der Waals surface area contributed by atoms with Gasteiger partial charge in [-0.1, -0.05) is 68.8 Å². The molecule has 0 bridgehead atoms. The number of hydrogen-bond donors (Lipinski definition) is 9. The van der Waals surface area contributed by atoms with Gasteiger partial charge in [-0.25, -0.2) is 4.79 Å². The second-order valence-electron chi connectivity index (χ2n) is 12.5. The fourth-order valence-corrected chi connectivity index (χ4v) is 5.92. The topological polar surface area (TPSA) is 262 Å². The average molecular weight is 741 g/mol. The quantitative estimate of drug-likeness (QED) is 0.0308. The number of benzene rings is 2. The number of nitrogens with zero attached hydrogens (tertiary/aromatic N) is 1. The van der Waals surface area contributed by atoms with Gasteiger partial charge >= 0.3 is 6.09 Å². The first-order valence-electron chi connectivity index (χ1n) is 17.0. The normalized spacial score (nSPS) is 14.5. The molecule has 0 aliphatic heterocycles. The van der Waals surface area contributed by atoms with Gasteiger partial charge in [0, 0.05) is 18.2 Å². The van der Waals surface area contributed by atoms with Crippen molar-refractivity contribution in [2.75, 3.05) is 25.4 Å². The van der Waals surface area contributed by atoms with Crippen LogP contribution in [0.3, 0.4) is 0 Å². The molecule has 0 heterocycles. The van der Waals surface area contributed by atoms with Crippen molar-refractivity contribution in [2.45, 2.75) is 70.1 Å². The molecule has 0 aromatic heterocycles. The number of amides is 6. The number of primary amides is 1. The van der Waals surface area contributed by atoms with E-state index in [1.807, 2.05) is 55.5 Å². The van der Waals surface area contributed by atoms with Crippen molar-refractivity contribution in [2.24, 2.45) is 28.1 Å². The maximum Gasteiger partial charge on any atom is 0.407 e. The SMILES string of the molecule is CC[C@H](C)[C@H](NC(=O)OCC1c2ccccc2-c2ccccc21)C(=O)N[C@@H](C)C(=O)NC[13C](=O)N[C@@H](CS)C(=O)N[C@@H](CCCN=C(N)N)C(N)=O. The Morgan fingerprint density at radius 2 is 1.44 bits per heavy atom. The van der Waals surface area contributed by atoms with Crippen molar-refractivity contribution in [1.82, 2.24) is 26.6 Å². The maximum atomic E-state index is 13.3. The van der Waals surface area contributed by atoms with Gasteiger partial charge in [0.15, 0.2) is 5.96 Å². The highest BCUT2D eigenvalue weighted by Gasteiger charge is 2.32. The number of rotatable bonds is 19. The number of alkyl carbamates (subject to hydrolysis) is 1. The van der Waals surface area contributed by atoms with Crippen LogP contribution in [-0.2, 0) is 28.7 Å². The Hall–Kier alpha value is -5.32. The number of aliphatic imine (C=N–C) groups is 1. The number of ether oxygens (including phenoxy) is 1. The predicted octanol–water partition coefficient (Wildman–Crippen LogP) is -0.001000. The molecular formula is C35H49N9O7S. The molecule has 0 fully saturated rings. The van der Waals surface area contributed by atoms with E-state index < -0.39 is 66.3 Å². The molecule has 2 aromatic rings. The monoisotopic (exact) mass is 740 g/mol. The Bertz CT molecular complexity index is 1590. The molecule has 16 nitrogen and oxygen atoms in total. The second kappa shape index (κ2) is 19.9. The van der Waals surface area contributed by atoms with E-state index in [9.17, 15) is 28.8 Å². The van der Waals surface area contributed by atoms with Gasteiger partial charge in [-0.05, 0) is 47.9 Å². The van der Waals surface area contributed by atoms with Gasteiger partial charge in [-0.15, -0.1) is 0 Å². The standard InChI is InChI=1S/C35H49N9O7S/c1-4-19(2)29(44-35(50)51-17-25-23-12-7-5-10-21(23)22-11-6-8-13-24(22)25)33(49)41-20(3)31(47)40-16-28(45)42-27(18-52)32(48)43-26(30(36)46)14-9-15-39-34(37)38/h5-8,10-13,19-20,25-27,29,52H,4,9,14-18H2,1-3H3,(H2,36,46)(H,40,47)(H,41,49)(H,42,45)(H,43,48)(H,44,50)(H4,37,38,39)/t19-,20-,26-,27-,29-/m0/s1/i28+1. The first-order chi connectivity index (χ1) is 24.8. The van der Waals surface area contributed by atoms with E-state index in [-0.39, 0.29) is 43.1 Å². The minimum atomic E-state index is -1.15. The number of hydrogen-bond acceptors (Lipinski definition) is 9. The first-order valence-corrected chi connectivity index (χ1v) is 17.6. The Kier molecular flexibility index (Phi) is 15.7. The van der Waals surface area contributed by atoms with Gasteiger partial charge in [-0.2, -0.15) is 12.6 Å². The Labute approximate surface area is 308 Å². The molecule has 52 heavy (non-hydrogen) atoms. The minimum Gasteiger partial charge on any atom is -0.449 e. The summed E-state index contributed by atoms with van der Waals surface area (Å²) in [7, 11) is 0. The third kappa shape index (κ3) is 11.6. The highest BCUT2D eigenvalue weighted by atomic mass is 32.1. The number of nitrogens with two attached hydrogens (primary N) is 3. The number of fused-ring (bicyclic) bond motifs is 3. The molecule has 2 aromatic carbocycles. The Morgan fingerprint density at radius 3 is 2.00 bits per heavy atom. The maximum absolute atomic E-state index is 13.3. The molecular weight excluding hydrogens is 692 g/mol. The van der Waals surface area contributed by atoms with Gasteiger partial charge < -0.3 is 48.5 Å². The highest BCUT2D eigenvalue weighted by molar-refractivity contribution is 7.80. The van der Waals surface area contributed by atoms with Gasteiger partial charge in [0.25, 0.3) is 0 Å². The summed E-state index contributed by atoms with van der Waals surface area (Å²) >= 11 is 4.11. The van der Waals surface area contributed by atoms with E-state index >= 15 is 0 Å². The lowest BCUT2D eigenvalue weighted by Gasteiger charge is -2.25. The molecule has 5 atom stereocenters. The largest absolute Gasteiger partial charge is 0.449 e. The Morgan fingerprint density at radius 1 is 0.827 bits per heavy atom. The molecule has 1 aliphatic rings. The molecule has 6 amide bonds. The first kappa shape index (κ1) is 41.1. The number of thiol groups is 1. The van der Waals surface area contributed by atoms with Crippen LogP contribution in [0.1, 0.15) is 57.1 Å². The van der Waals surface area contributed by atoms with E-state index in [1.165, 1.54) is 6.92 Å². The summed E-state index contributed by atoms with van der Waals surface area (Å²) < 4.78 is 5.63. The lowest BCUT2D eigenvalue weighted by molar-refractivity contribution is -0.132. The van der Waals surface area contributed by atoms with Crippen LogP contribution in [0.25, 0.3) is 11.1 Å². The predicted molar refractivity (Wildman–Crippen MR) is 199 cm³/mol. The number of nitrogens with one attached hydrogen (secondary N) is 5. The Balaban J connectivity index is 1.49. The fraction of sp³-hybridized carbons (Fsp3) is 0.457. The molecule has 0 unspecified atom stereocenters. The molecule has 11 N–H and O–H groups in total. The van der Waals surface area contributed by atoms with E-state index in [2.05, 4.69) is 44.2 Å². The van der Waals surface area contributed by atoms with Crippen molar-refractivity contribution in [3.8, 4) is 11.1 Å². The summed E-state index contributed by atoms with van der Waals surface area (Å²) in [6.07, 6.45) is 0.283. The molecule has 0 saturated carbocycles. The lowest BCUT2D eigenvalue weighted by Crippen LogP contribution is -2.56. The second-order valence-corrected chi connectivity index (χ2v) is 12.9. The molecule has 17 heteroatoms. The van der Waals surface area contributed by atoms with Crippen molar-refractivity contribution in [3.05, 3.63) is 59.7 Å². The number of carbonyl (C=O) groups excluding carboxylic acids is 6. The van der Waals surface area contributed by atoms with Gasteiger partial charge in [0.1, 0.15) is 30.8 Å². The van der Waals surface area contributed by atoms with Crippen molar-refractivity contribution in [1.29, 1.82) is 0 Å². The molecule has 0 radical (unpaired) electrons. The third-order valence-electron chi connectivity index (χ3n) is 8.73. The van der Waals surface area contributed by atoms with Crippen LogP contribution in [0.2, 0.25) is 0 Å². The highest BCUT2D eigenvalue weighted by Crippen LogP contribution is 2.44. The zero-order valence-corrected chi connectivity index (χ0v) is 30.4. The summed E-state index contributed by atoms with van der Waals surface area (Å²) in [6, 6.07) is 11.6. The van der Waals surface area contributed by atoms with Crippen LogP contribution >= 0.6 is 12.6 Å². The van der Waals surface area contributed by atoms with Crippen LogP contribution in [0.4, 0.5) is 4.79 Å². The van der Waals surface area contributed by atoms with E-state index in [1.54, 1.807) is 6.92 Å². The van der Waals surface area contributed by atoms with Gasteiger partial charge in [0.05, 0.1) is 6.54 Å². The number of guanidine groups is 1. The summed E-state index contributed by atoms with van der Waals surface area (Å²) in [5, 5.41) is 12.5. The molecule has 1 aliphatic carbocycles. The fourth-order valence-electron chi connectivity index (χ4n) is 5.66. The van der Waals surface area contributed by atoms with Crippen LogP contribution in [0.15, 0.2) is 53.5 Å². The van der Waals surface area contributed by atoms with Gasteiger partial charge in [-0.3, -0.25) is 29.0 Å². The zero-order valence-electron chi connectivity index (χ0n) is 29.5. The van der Waals surface area contributed by atoms with Crippen LogP contribution in [0, 0.1) is 5.92 Å². The lowest BCUT2D eigenvalue weighted by atomic mass is 9.98. The van der Waals surface area contributed by atoms with E-state index in [0.717, 1.165) is 22.3 Å². The van der Waals surface area contributed by atoms with Crippen LogP contribution < -0.4 is 43.8 Å². The summed E-state index contributed by atoms with van der Waals surface area (Å²) in [5.74, 6) is -4.21. The van der Waals surface area contributed by atoms with Crippen molar-refractivity contribution < 1.29 is 33.5 Å². The average Bonchev–Trinajstić information content (AvgIpc) is 3.44. The molecule has 0 saturated heterocycles. The minimum absolute atomic E-state index is 0.0672. The smallest absolute Gasteiger partial charge is 0.407 e. The number of carbonyl (C=O) groups is 6. The van der Waals surface area contributed by atoms with Crippen molar-refractivity contribution >= 4 is 54.2 Å². The van der Waals surface area contributed by atoms with Crippen molar-refractivity contribution in [3.63, 3.8) is 0 Å². The van der Waals surface area contributed by atoms with Crippen LogP contribution in [-0.4, -0.2) is 91.2 Å². The molecule has 0 spiro atoms. The van der Waals surface area contributed by atoms with E-state index in [0.29, 0.717) is 12.8 Å². The molecule has 3 rings (SSSR count). The molecule has 282 valence electrons. The summed E-state index contributed by atoms with van der Waals surface area (Å²) in [4.78, 5) is 80.0. The van der Waals surface area contributed by atoms with Crippen LogP contribution in [0.5, 0.6) is 0 Å².